The molecule has 1 aliphatic rings. The summed E-state index contributed by atoms with van der Waals surface area (Å²) in [7, 11) is 0. The Morgan fingerprint density at radius 3 is 1.29 bits per heavy atom. The summed E-state index contributed by atoms with van der Waals surface area (Å²) < 4.78 is 6.69. The molecule has 0 saturated carbocycles. The molecule has 1 aliphatic heterocycles. The van der Waals surface area contributed by atoms with Crippen LogP contribution in [0, 0.1) is 11.3 Å². The molecule has 58 heavy (non-hydrogen) atoms. The molecule has 5 heteroatoms. The van der Waals surface area contributed by atoms with Crippen LogP contribution in [-0.2, 0) is 5.41 Å². The van der Waals surface area contributed by atoms with E-state index in [4.69, 9.17) is 19.7 Å². The summed E-state index contributed by atoms with van der Waals surface area (Å²) in [6.07, 6.45) is 0. The van der Waals surface area contributed by atoms with E-state index in [-0.39, 0.29) is 0 Å². The van der Waals surface area contributed by atoms with Gasteiger partial charge in [0.25, 0.3) is 0 Å². The van der Waals surface area contributed by atoms with Crippen LogP contribution < -0.4 is 4.74 Å². The number of nitrogens with zero attached hydrogens (tertiary/aromatic N) is 4. The minimum atomic E-state index is -0.685. The second kappa shape index (κ2) is 14.6. The van der Waals surface area contributed by atoms with E-state index in [1.807, 2.05) is 78.9 Å². The van der Waals surface area contributed by atoms with E-state index >= 15 is 0 Å². The second-order valence-corrected chi connectivity index (χ2v) is 14.3. The van der Waals surface area contributed by atoms with Gasteiger partial charge in [-0.05, 0) is 69.8 Å². The van der Waals surface area contributed by atoms with E-state index in [1.54, 1.807) is 0 Å². The van der Waals surface area contributed by atoms with Crippen molar-refractivity contribution in [2.45, 2.75) is 5.41 Å². The van der Waals surface area contributed by atoms with Crippen LogP contribution in [0.2, 0.25) is 0 Å². The molecule has 0 amide bonds. The van der Waals surface area contributed by atoms with Crippen LogP contribution >= 0.6 is 0 Å². The Hall–Kier alpha value is -7.94. The van der Waals surface area contributed by atoms with Crippen molar-refractivity contribution in [1.29, 1.82) is 5.26 Å². The van der Waals surface area contributed by atoms with E-state index in [2.05, 4.69) is 133 Å². The lowest BCUT2D eigenvalue weighted by atomic mass is 9.63. The largest absolute Gasteiger partial charge is 0.457 e. The molecule has 1 aromatic heterocycles. The average molecular weight is 743 g/mol. The Morgan fingerprint density at radius 2 is 0.759 bits per heavy atom. The van der Waals surface area contributed by atoms with E-state index in [0.29, 0.717) is 23.0 Å². The Balaban J connectivity index is 1.15. The van der Waals surface area contributed by atoms with Gasteiger partial charge in [-0.15, -0.1) is 0 Å². The van der Waals surface area contributed by atoms with Crippen molar-refractivity contribution in [2.75, 3.05) is 0 Å². The number of rotatable bonds is 7. The Morgan fingerprint density at radius 1 is 0.362 bits per heavy atom. The van der Waals surface area contributed by atoms with E-state index in [0.717, 1.165) is 72.7 Å². The van der Waals surface area contributed by atoms with E-state index in [9.17, 15) is 5.26 Å². The molecule has 8 aromatic carbocycles. The summed E-state index contributed by atoms with van der Waals surface area (Å²) in [5.41, 5.74) is 11.2. The highest BCUT2D eigenvalue weighted by Crippen LogP contribution is 2.55. The molecule has 0 fully saturated rings. The van der Waals surface area contributed by atoms with Gasteiger partial charge < -0.3 is 4.74 Å². The van der Waals surface area contributed by atoms with Crippen molar-refractivity contribution in [2.24, 2.45) is 0 Å². The van der Waals surface area contributed by atoms with Crippen LogP contribution in [0.5, 0.6) is 11.5 Å². The summed E-state index contributed by atoms with van der Waals surface area (Å²) in [5, 5.41) is 9.29. The minimum Gasteiger partial charge on any atom is -0.457 e. The molecule has 10 rings (SSSR count). The first kappa shape index (κ1) is 34.5. The third-order valence-electron chi connectivity index (χ3n) is 10.9. The van der Waals surface area contributed by atoms with Crippen LogP contribution in [0.15, 0.2) is 206 Å². The molecule has 0 N–H and O–H groups in total. The van der Waals surface area contributed by atoms with Crippen LogP contribution in [-0.4, -0.2) is 15.0 Å². The maximum absolute atomic E-state index is 9.29. The first-order valence-electron chi connectivity index (χ1n) is 19.2. The van der Waals surface area contributed by atoms with Gasteiger partial charge in [-0.2, -0.15) is 5.26 Å². The minimum absolute atomic E-state index is 0.556. The number of nitriles is 1. The van der Waals surface area contributed by atoms with Crippen molar-refractivity contribution in [3.63, 3.8) is 0 Å². The summed E-state index contributed by atoms with van der Waals surface area (Å²) in [6, 6.07) is 72.7. The van der Waals surface area contributed by atoms with Crippen LogP contribution in [0.4, 0.5) is 0 Å². The fraction of sp³-hybridized carbons (Fsp3) is 0.0189. The lowest BCUT2D eigenvalue weighted by Gasteiger charge is -2.41. The zero-order valence-corrected chi connectivity index (χ0v) is 31.3. The number of fused-ring (bicyclic) bond motifs is 2. The van der Waals surface area contributed by atoms with Gasteiger partial charge in [0.05, 0.1) is 17.0 Å². The van der Waals surface area contributed by atoms with Crippen molar-refractivity contribution in [3.8, 4) is 74.0 Å². The first-order valence-corrected chi connectivity index (χ1v) is 19.2. The molecule has 0 saturated heterocycles. The van der Waals surface area contributed by atoms with Gasteiger partial charge >= 0.3 is 0 Å². The average Bonchev–Trinajstić information content (AvgIpc) is 3.31. The standard InChI is InChI=1S/C53H34N4O/c54-35-36-20-22-38(23-21-36)40-26-30-42(31-27-40)51-55-50(41-28-24-39(25-29-41)37-12-4-1-5-13-37)56-52(57-51)43-32-33-49-47(34-43)53(44-14-6-2-7-15-44,45-16-8-3-9-17-45)46-18-10-11-19-48(46)58-49/h1-34H. The van der Waals surface area contributed by atoms with Gasteiger partial charge in [0.15, 0.2) is 17.5 Å². The zero-order chi connectivity index (χ0) is 38.9. The third kappa shape index (κ3) is 6.10. The maximum Gasteiger partial charge on any atom is 0.164 e. The summed E-state index contributed by atoms with van der Waals surface area (Å²) >= 11 is 0. The highest BCUT2D eigenvalue weighted by Gasteiger charge is 2.45. The van der Waals surface area contributed by atoms with Crippen molar-refractivity contribution >= 4 is 0 Å². The fourth-order valence-electron chi connectivity index (χ4n) is 8.10. The van der Waals surface area contributed by atoms with Gasteiger partial charge in [0.2, 0.25) is 0 Å². The second-order valence-electron chi connectivity index (χ2n) is 14.3. The first-order chi connectivity index (χ1) is 28.7. The zero-order valence-electron chi connectivity index (χ0n) is 31.3. The molecule has 9 aromatic rings. The van der Waals surface area contributed by atoms with Crippen LogP contribution in [0.3, 0.4) is 0 Å². The molecule has 272 valence electrons. The van der Waals surface area contributed by atoms with Gasteiger partial charge in [-0.25, -0.2) is 15.0 Å². The van der Waals surface area contributed by atoms with Crippen LogP contribution in [0.25, 0.3) is 56.4 Å². The lowest BCUT2D eigenvalue weighted by molar-refractivity contribution is 0.434. The van der Waals surface area contributed by atoms with Crippen LogP contribution in [0.1, 0.15) is 27.8 Å². The maximum atomic E-state index is 9.29. The normalized spacial score (nSPS) is 12.4. The molecule has 0 unspecified atom stereocenters. The van der Waals surface area contributed by atoms with Gasteiger partial charge in [-0.3, -0.25) is 0 Å². The Kier molecular flexibility index (Phi) is 8.70. The van der Waals surface area contributed by atoms with Gasteiger partial charge in [0.1, 0.15) is 11.5 Å². The predicted molar refractivity (Wildman–Crippen MR) is 230 cm³/mol. The monoisotopic (exact) mass is 742 g/mol. The molecule has 2 heterocycles. The molecule has 5 nitrogen and oxygen atoms in total. The molecule has 0 aliphatic carbocycles. The molecule has 0 radical (unpaired) electrons. The number of hydrogen-bond donors (Lipinski definition) is 0. The van der Waals surface area contributed by atoms with Crippen molar-refractivity contribution in [1.82, 2.24) is 15.0 Å². The quantitative estimate of drug-likeness (QED) is 0.163. The predicted octanol–water partition coefficient (Wildman–Crippen LogP) is 12.6. The summed E-state index contributed by atoms with van der Waals surface area (Å²) in [5.74, 6) is 3.30. The molecule has 0 atom stereocenters. The highest BCUT2D eigenvalue weighted by molar-refractivity contribution is 5.76. The number of benzene rings is 8. The number of aromatic nitrogens is 3. The van der Waals surface area contributed by atoms with E-state index < -0.39 is 5.41 Å². The third-order valence-corrected chi connectivity index (χ3v) is 10.9. The summed E-state index contributed by atoms with van der Waals surface area (Å²) in [6.45, 7) is 0. The SMILES string of the molecule is N#Cc1ccc(-c2ccc(-c3nc(-c4ccc(-c5ccccc5)cc4)nc(-c4ccc5c(c4)C(c4ccccc4)(c4ccccc4)c4ccccc4O5)n3)cc2)cc1. The Bertz CT molecular complexity index is 2900. The van der Waals surface area contributed by atoms with Gasteiger partial charge in [0, 0.05) is 27.8 Å². The number of para-hydroxylation sites is 1. The van der Waals surface area contributed by atoms with E-state index in [1.165, 1.54) is 0 Å². The topological polar surface area (TPSA) is 71.7 Å². The smallest absolute Gasteiger partial charge is 0.164 e. The molecular weight excluding hydrogens is 709 g/mol. The highest BCUT2D eigenvalue weighted by atomic mass is 16.5. The molecule has 0 bridgehead atoms. The Labute approximate surface area is 337 Å². The van der Waals surface area contributed by atoms with Crippen molar-refractivity contribution in [3.05, 3.63) is 234 Å². The van der Waals surface area contributed by atoms with Crippen molar-refractivity contribution < 1.29 is 4.74 Å². The number of hydrogen-bond acceptors (Lipinski definition) is 5. The van der Waals surface area contributed by atoms with Gasteiger partial charge in [-0.1, -0.05) is 170 Å². The fourth-order valence-corrected chi connectivity index (χ4v) is 8.10. The molecular formula is C53H34N4O. The molecule has 0 spiro atoms. The summed E-state index contributed by atoms with van der Waals surface area (Å²) in [4.78, 5) is 15.4. The number of ether oxygens (including phenoxy) is 1. The lowest BCUT2D eigenvalue weighted by Crippen LogP contribution is -2.34.